The van der Waals surface area contributed by atoms with Crippen molar-refractivity contribution in [3.05, 3.63) is 41.5 Å². The molecule has 1 heterocycles. The van der Waals surface area contributed by atoms with Crippen LogP contribution in [0.2, 0.25) is 0 Å². The van der Waals surface area contributed by atoms with Crippen molar-refractivity contribution in [3.8, 4) is 0 Å². The minimum absolute atomic E-state index is 0.147. The van der Waals surface area contributed by atoms with Crippen molar-refractivity contribution in [3.63, 3.8) is 0 Å². The highest BCUT2D eigenvalue weighted by atomic mass is 16.5. The smallest absolute Gasteiger partial charge is 0.337 e. The van der Waals surface area contributed by atoms with Gasteiger partial charge in [0.05, 0.1) is 18.6 Å². The number of hydrogen-bond acceptors (Lipinski definition) is 5. The third-order valence-corrected chi connectivity index (χ3v) is 4.34. The molecule has 0 aromatic heterocycles. The van der Waals surface area contributed by atoms with Gasteiger partial charge in [-0.3, -0.25) is 14.4 Å². The van der Waals surface area contributed by atoms with Crippen molar-refractivity contribution >= 4 is 29.4 Å². The molecular weight excluding hydrogens is 352 g/mol. The lowest BCUT2D eigenvalue weighted by atomic mass is 9.98. The highest BCUT2D eigenvalue weighted by Gasteiger charge is 2.27. The van der Waals surface area contributed by atoms with Gasteiger partial charge in [-0.1, -0.05) is 0 Å². The summed E-state index contributed by atoms with van der Waals surface area (Å²) >= 11 is 0. The normalized spacial score (nSPS) is 17.2. The van der Waals surface area contributed by atoms with E-state index in [1.54, 1.807) is 12.1 Å². The number of carbonyl (C=O) groups excluding carboxylic acids is 3. The average Bonchev–Trinajstić information content (AvgIpc) is 2.67. The van der Waals surface area contributed by atoms with Crippen LogP contribution in [0.3, 0.4) is 0 Å². The number of methoxy groups -OCH3 is 1. The van der Waals surface area contributed by atoms with E-state index in [2.05, 4.69) is 10.1 Å². The minimum atomic E-state index is -0.915. The standard InChI is InChI=1S/C19H22N2O6/c1-12(10-16(22)21-9-3-4-14(11-21)18(24)25)17(23)20-15-7-5-13(6-8-15)19(26)27-2/h5-8,10,14H,3-4,9,11H2,1-2H3,(H,20,23)(H,24,25)/b12-10+. The lowest BCUT2D eigenvalue weighted by Crippen LogP contribution is -2.41. The fourth-order valence-corrected chi connectivity index (χ4v) is 2.76. The molecule has 1 atom stereocenters. The number of carboxylic acid groups (broad SMARTS) is 1. The van der Waals surface area contributed by atoms with Gasteiger partial charge in [0.1, 0.15) is 0 Å². The molecule has 1 aliphatic rings. The van der Waals surface area contributed by atoms with Crippen molar-refractivity contribution in [2.45, 2.75) is 19.8 Å². The molecule has 1 fully saturated rings. The van der Waals surface area contributed by atoms with Crippen LogP contribution in [0, 0.1) is 5.92 Å². The lowest BCUT2D eigenvalue weighted by Gasteiger charge is -2.30. The van der Waals surface area contributed by atoms with Crippen molar-refractivity contribution in [2.24, 2.45) is 5.92 Å². The van der Waals surface area contributed by atoms with Crippen LogP contribution in [-0.4, -0.2) is 54.0 Å². The molecular formula is C19H22N2O6. The third-order valence-electron chi connectivity index (χ3n) is 4.34. The largest absolute Gasteiger partial charge is 0.481 e. The zero-order chi connectivity index (χ0) is 20.0. The first-order chi connectivity index (χ1) is 12.8. The van der Waals surface area contributed by atoms with E-state index in [1.807, 2.05) is 0 Å². The number of ether oxygens (including phenoxy) is 1. The summed E-state index contributed by atoms with van der Waals surface area (Å²) in [6, 6.07) is 6.15. The Morgan fingerprint density at radius 2 is 1.89 bits per heavy atom. The Hall–Kier alpha value is -3.16. The number of nitrogens with one attached hydrogen (secondary N) is 1. The van der Waals surface area contributed by atoms with E-state index in [-0.39, 0.29) is 18.0 Å². The molecule has 1 aliphatic heterocycles. The second kappa shape index (κ2) is 8.98. The number of anilines is 1. The van der Waals surface area contributed by atoms with Gasteiger partial charge in [-0.15, -0.1) is 0 Å². The van der Waals surface area contributed by atoms with Gasteiger partial charge in [0, 0.05) is 30.4 Å². The van der Waals surface area contributed by atoms with Gasteiger partial charge in [-0.25, -0.2) is 4.79 Å². The first-order valence-corrected chi connectivity index (χ1v) is 8.51. The zero-order valence-electron chi connectivity index (χ0n) is 15.2. The summed E-state index contributed by atoms with van der Waals surface area (Å²) in [5, 5.41) is 11.7. The second-order valence-corrected chi connectivity index (χ2v) is 6.31. The number of esters is 1. The van der Waals surface area contributed by atoms with Crippen LogP contribution in [0.4, 0.5) is 5.69 Å². The Bertz CT molecular complexity index is 769. The quantitative estimate of drug-likeness (QED) is 0.599. The van der Waals surface area contributed by atoms with Crippen molar-refractivity contribution in [1.82, 2.24) is 4.90 Å². The molecule has 0 aliphatic carbocycles. The summed E-state index contributed by atoms with van der Waals surface area (Å²) in [6.45, 7) is 2.13. The maximum Gasteiger partial charge on any atom is 0.337 e. The van der Waals surface area contributed by atoms with Crippen molar-refractivity contribution < 1.29 is 29.0 Å². The fourth-order valence-electron chi connectivity index (χ4n) is 2.76. The predicted octanol–water partition coefficient (Wildman–Crippen LogP) is 1.68. The maximum atomic E-state index is 12.3. The van der Waals surface area contributed by atoms with Crippen LogP contribution in [0.1, 0.15) is 30.1 Å². The monoisotopic (exact) mass is 374 g/mol. The van der Waals surface area contributed by atoms with Gasteiger partial charge in [-0.2, -0.15) is 0 Å². The number of likely N-dealkylation sites (tertiary alicyclic amines) is 1. The number of nitrogens with zero attached hydrogens (tertiary/aromatic N) is 1. The summed E-state index contributed by atoms with van der Waals surface area (Å²) in [6.07, 6.45) is 2.38. The number of amides is 2. The number of benzene rings is 1. The number of carbonyl (C=O) groups is 4. The van der Waals surface area contributed by atoms with Crippen LogP contribution >= 0.6 is 0 Å². The number of hydrogen-bond donors (Lipinski definition) is 2. The van der Waals surface area contributed by atoms with Crippen LogP contribution in [0.25, 0.3) is 0 Å². The molecule has 0 bridgehead atoms. The first-order valence-electron chi connectivity index (χ1n) is 8.51. The molecule has 8 heteroatoms. The van der Waals surface area contributed by atoms with Crippen LogP contribution < -0.4 is 5.32 Å². The van der Waals surface area contributed by atoms with Gasteiger partial charge in [0.2, 0.25) is 5.91 Å². The van der Waals surface area contributed by atoms with E-state index in [4.69, 9.17) is 5.11 Å². The highest BCUT2D eigenvalue weighted by molar-refractivity contribution is 6.07. The Morgan fingerprint density at radius 1 is 1.22 bits per heavy atom. The number of piperidine rings is 1. The molecule has 0 radical (unpaired) electrons. The number of carboxylic acids is 1. The molecule has 144 valence electrons. The Kier molecular flexibility index (Phi) is 6.70. The van der Waals surface area contributed by atoms with Crippen LogP contribution in [0.5, 0.6) is 0 Å². The Balaban J connectivity index is 1.98. The molecule has 1 unspecified atom stereocenters. The van der Waals surface area contributed by atoms with Gasteiger partial charge < -0.3 is 20.1 Å². The summed E-state index contributed by atoms with van der Waals surface area (Å²) in [5.74, 6) is -2.80. The Morgan fingerprint density at radius 3 is 2.48 bits per heavy atom. The van der Waals surface area contributed by atoms with Crippen molar-refractivity contribution in [1.29, 1.82) is 0 Å². The van der Waals surface area contributed by atoms with Crippen LogP contribution in [0.15, 0.2) is 35.9 Å². The molecule has 2 amide bonds. The molecule has 2 N–H and O–H groups in total. The van der Waals surface area contributed by atoms with E-state index in [0.29, 0.717) is 30.6 Å². The number of aliphatic carboxylic acids is 1. The predicted molar refractivity (Wildman–Crippen MR) is 97.1 cm³/mol. The summed E-state index contributed by atoms with van der Waals surface area (Å²) in [7, 11) is 1.28. The zero-order valence-corrected chi connectivity index (χ0v) is 15.2. The van der Waals surface area contributed by atoms with Gasteiger partial charge in [0.15, 0.2) is 0 Å². The number of rotatable bonds is 5. The molecule has 8 nitrogen and oxygen atoms in total. The Labute approximate surface area is 156 Å². The minimum Gasteiger partial charge on any atom is -0.481 e. The second-order valence-electron chi connectivity index (χ2n) is 6.31. The summed E-state index contributed by atoms with van der Waals surface area (Å²) < 4.78 is 4.60. The molecule has 1 aromatic rings. The SMILES string of the molecule is COC(=O)c1ccc(NC(=O)/C(C)=C/C(=O)N2CCCC(C(=O)O)C2)cc1. The van der Waals surface area contributed by atoms with Gasteiger partial charge in [-0.05, 0) is 44.0 Å². The fraction of sp³-hybridized carbons (Fsp3) is 0.368. The van der Waals surface area contributed by atoms with E-state index >= 15 is 0 Å². The molecule has 0 spiro atoms. The van der Waals surface area contributed by atoms with Crippen LogP contribution in [-0.2, 0) is 19.1 Å². The summed E-state index contributed by atoms with van der Waals surface area (Å²) in [5.41, 5.74) is 1.03. The molecule has 1 aromatic carbocycles. The topological polar surface area (TPSA) is 113 Å². The van der Waals surface area contributed by atoms with E-state index in [9.17, 15) is 19.2 Å². The van der Waals surface area contributed by atoms with Crippen molar-refractivity contribution in [2.75, 3.05) is 25.5 Å². The van der Waals surface area contributed by atoms with E-state index < -0.39 is 23.8 Å². The highest BCUT2D eigenvalue weighted by Crippen LogP contribution is 2.17. The molecule has 0 saturated carbocycles. The summed E-state index contributed by atoms with van der Waals surface area (Å²) in [4.78, 5) is 48.5. The third kappa shape index (κ3) is 5.40. The molecule has 1 saturated heterocycles. The average molecular weight is 374 g/mol. The van der Waals surface area contributed by atoms with E-state index in [1.165, 1.54) is 37.1 Å². The lowest BCUT2D eigenvalue weighted by molar-refractivity contribution is -0.144. The maximum absolute atomic E-state index is 12.3. The van der Waals surface area contributed by atoms with Gasteiger partial charge >= 0.3 is 11.9 Å². The molecule has 2 rings (SSSR count). The van der Waals surface area contributed by atoms with Gasteiger partial charge in [0.25, 0.3) is 5.91 Å². The first kappa shape index (κ1) is 20.2. The molecule has 27 heavy (non-hydrogen) atoms. The van der Waals surface area contributed by atoms with E-state index in [0.717, 1.165) is 0 Å².